The Morgan fingerprint density at radius 3 is 2.48 bits per heavy atom. The van der Waals surface area contributed by atoms with Crippen molar-refractivity contribution in [1.29, 1.82) is 0 Å². The Bertz CT molecular complexity index is 657. The number of likely N-dealkylation sites (tertiary alicyclic amines) is 1. The zero-order chi connectivity index (χ0) is 18.2. The van der Waals surface area contributed by atoms with Gasteiger partial charge in [-0.05, 0) is 37.1 Å². The molecule has 1 aromatic carbocycles. The molecular formula is C17H21N3O5. The summed E-state index contributed by atoms with van der Waals surface area (Å²) in [4.78, 5) is 47.7. The molecule has 0 unspecified atom stereocenters. The van der Waals surface area contributed by atoms with Crippen LogP contribution in [0.2, 0.25) is 0 Å². The Balaban J connectivity index is 1.87. The van der Waals surface area contributed by atoms with Crippen LogP contribution in [0.25, 0.3) is 0 Å². The average Bonchev–Trinajstić information content (AvgIpc) is 2.78. The molecule has 1 heterocycles. The van der Waals surface area contributed by atoms with Gasteiger partial charge in [-0.2, -0.15) is 0 Å². The monoisotopic (exact) mass is 347 g/mol. The highest BCUT2D eigenvalue weighted by Gasteiger charge is 2.19. The number of rotatable bonds is 6. The van der Waals surface area contributed by atoms with Gasteiger partial charge < -0.3 is 20.6 Å². The zero-order valence-electron chi connectivity index (χ0n) is 13.8. The highest BCUT2D eigenvalue weighted by molar-refractivity contribution is 5.97. The van der Waals surface area contributed by atoms with E-state index in [9.17, 15) is 19.2 Å². The van der Waals surface area contributed by atoms with Crippen molar-refractivity contribution in [2.45, 2.75) is 25.7 Å². The predicted octanol–water partition coefficient (Wildman–Crippen LogP) is 0.842. The molecule has 0 aliphatic carbocycles. The van der Waals surface area contributed by atoms with E-state index < -0.39 is 18.4 Å². The molecule has 1 saturated heterocycles. The third-order valence-corrected chi connectivity index (χ3v) is 3.84. The number of benzene rings is 1. The normalized spacial score (nSPS) is 14.6. The maximum atomic E-state index is 12.1. The number of hydrogen-bond donors (Lipinski definition) is 3. The number of carboxylic acids is 1. The highest BCUT2D eigenvalue weighted by atomic mass is 16.4. The number of hydrogen-bond acceptors (Lipinski definition) is 4. The molecule has 0 radical (unpaired) electrons. The van der Waals surface area contributed by atoms with E-state index >= 15 is 0 Å². The summed E-state index contributed by atoms with van der Waals surface area (Å²) >= 11 is 0. The lowest BCUT2D eigenvalue weighted by atomic mass is 10.2. The third-order valence-electron chi connectivity index (χ3n) is 3.84. The molecule has 0 bridgehead atoms. The quantitative estimate of drug-likeness (QED) is 0.705. The van der Waals surface area contributed by atoms with E-state index in [1.54, 1.807) is 17.0 Å². The summed E-state index contributed by atoms with van der Waals surface area (Å²) in [5, 5.41) is 13.5. The first-order valence-electron chi connectivity index (χ1n) is 8.13. The van der Waals surface area contributed by atoms with Gasteiger partial charge in [0.25, 0.3) is 5.91 Å². The summed E-state index contributed by atoms with van der Waals surface area (Å²) in [6.45, 7) is 0.149. The number of amides is 3. The van der Waals surface area contributed by atoms with E-state index in [2.05, 4.69) is 10.6 Å². The Labute approximate surface area is 145 Å². The lowest BCUT2D eigenvalue weighted by Gasteiger charge is -2.19. The molecule has 0 aromatic heterocycles. The van der Waals surface area contributed by atoms with Crippen LogP contribution in [0.4, 0.5) is 5.69 Å². The fourth-order valence-electron chi connectivity index (χ4n) is 2.54. The maximum Gasteiger partial charge on any atom is 0.322 e. The van der Waals surface area contributed by atoms with Gasteiger partial charge in [-0.25, -0.2) is 0 Å². The fourth-order valence-corrected chi connectivity index (χ4v) is 2.54. The van der Waals surface area contributed by atoms with E-state index in [1.165, 1.54) is 12.1 Å². The minimum absolute atomic E-state index is 0.00176. The molecule has 1 aliphatic rings. The number of aliphatic carboxylic acids is 1. The standard InChI is InChI=1S/C17H21N3O5/c21-14(11-20-9-3-1-2-4-15(20)22)19-13-7-5-12(6-8-13)17(25)18-10-16(23)24/h5-8H,1-4,9-11H2,(H,18,25)(H,19,21)(H,23,24). The van der Waals surface area contributed by atoms with Crippen molar-refractivity contribution in [2.75, 3.05) is 25.0 Å². The van der Waals surface area contributed by atoms with Crippen LogP contribution in [0, 0.1) is 0 Å². The maximum absolute atomic E-state index is 12.1. The molecule has 134 valence electrons. The minimum atomic E-state index is -1.12. The largest absolute Gasteiger partial charge is 0.480 e. The molecule has 1 aliphatic heterocycles. The summed E-state index contributed by atoms with van der Waals surface area (Å²) in [6, 6.07) is 6.09. The lowest BCUT2D eigenvalue weighted by Crippen LogP contribution is -2.37. The van der Waals surface area contributed by atoms with Gasteiger partial charge in [0.2, 0.25) is 11.8 Å². The van der Waals surface area contributed by atoms with Crippen molar-refractivity contribution < 1.29 is 24.3 Å². The van der Waals surface area contributed by atoms with E-state index in [4.69, 9.17) is 5.11 Å². The molecule has 8 nitrogen and oxygen atoms in total. The number of carbonyl (C=O) groups excluding carboxylic acids is 3. The second kappa shape index (κ2) is 8.81. The Morgan fingerprint density at radius 1 is 1.08 bits per heavy atom. The first-order chi connectivity index (χ1) is 12.0. The minimum Gasteiger partial charge on any atom is -0.480 e. The van der Waals surface area contributed by atoms with Crippen LogP contribution in [0.3, 0.4) is 0 Å². The summed E-state index contributed by atoms with van der Waals surface area (Å²) in [6.07, 6.45) is 3.24. The highest BCUT2D eigenvalue weighted by Crippen LogP contribution is 2.12. The van der Waals surface area contributed by atoms with Crippen molar-refractivity contribution in [3.63, 3.8) is 0 Å². The zero-order valence-corrected chi connectivity index (χ0v) is 13.8. The number of carboxylic acid groups (broad SMARTS) is 1. The van der Waals surface area contributed by atoms with Crippen LogP contribution >= 0.6 is 0 Å². The molecule has 3 N–H and O–H groups in total. The molecule has 25 heavy (non-hydrogen) atoms. The van der Waals surface area contributed by atoms with Crippen molar-refractivity contribution in [3.05, 3.63) is 29.8 Å². The van der Waals surface area contributed by atoms with Gasteiger partial charge in [0.1, 0.15) is 6.54 Å². The van der Waals surface area contributed by atoms with Crippen LogP contribution in [-0.4, -0.2) is 53.3 Å². The first-order valence-corrected chi connectivity index (χ1v) is 8.13. The number of nitrogens with zero attached hydrogens (tertiary/aromatic N) is 1. The van der Waals surface area contributed by atoms with E-state index in [0.29, 0.717) is 24.2 Å². The van der Waals surface area contributed by atoms with Crippen LogP contribution < -0.4 is 10.6 Å². The molecule has 1 fully saturated rings. The van der Waals surface area contributed by atoms with Gasteiger partial charge in [-0.3, -0.25) is 19.2 Å². The van der Waals surface area contributed by atoms with Gasteiger partial charge in [-0.15, -0.1) is 0 Å². The van der Waals surface area contributed by atoms with Crippen LogP contribution in [0.15, 0.2) is 24.3 Å². The summed E-state index contributed by atoms with van der Waals surface area (Å²) < 4.78 is 0. The predicted molar refractivity (Wildman–Crippen MR) is 90.1 cm³/mol. The molecule has 0 spiro atoms. The molecule has 8 heteroatoms. The van der Waals surface area contributed by atoms with Crippen molar-refractivity contribution in [2.24, 2.45) is 0 Å². The van der Waals surface area contributed by atoms with Gasteiger partial charge in [-0.1, -0.05) is 6.42 Å². The van der Waals surface area contributed by atoms with E-state index in [1.807, 2.05) is 0 Å². The van der Waals surface area contributed by atoms with Crippen molar-refractivity contribution >= 4 is 29.4 Å². The molecular weight excluding hydrogens is 326 g/mol. The number of nitrogens with one attached hydrogen (secondary N) is 2. The first kappa shape index (κ1) is 18.4. The molecule has 2 rings (SSSR count). The van der Waals surface area contributed by atoms with Gasteiger partial charge >= 0.3 is 5.97 Å². The Morgan fingerprint density at radius 2 is 1.80 bits per heavy atom. The molecule has 0 atom stereocenters. The van der Waals surface area contributed by atoms with Crippen molar-refractivity contribution in [1.82, 2.24) is 10.2 Å². The van der Waals surface area contributed by atoms with Crippen LogP contribution in [-0.2, 0) is 14.4 Å². The summed E-state index contributed by atoms with van der Waals surface area (Å²) in [5.74, 6) is -1.92. The fraction of sp³-hybridized carbons (Fsp3) is 0.412. The Hall–Kier alpha value is -2.90. The van der Waals surface area contributed by atoms with Crippen molar-refractivity contribution in [3.8, 4) is 0 Å². The molecule has 0 saturated carbocycles. The van der Waals surface area contributed by atoms with Gasteiger partial charge in [0.05, 0.1) is 6.54 Å². The van der Waals surface area contributed by atoms with E-state index in [0.717, 1.165) is 19.3 Å². The summed E-state index contributed by atoms with van der Waals surface area (Å²) in [5.41, 5.74) is 0.795. The smallest absolute Gasteiger partial charge is 0.322 e. The SMILES string of the molecule is O=C(O)CNC(=O)c1ccc(NC(=O)CN2CCCCCC2=O)cc1. The second-order valence-electron chi connectivity index (χ2n) is 5.83. The van der Waals surface area contributed by atoms with Crippen LogP contribution in [0.5, 0.6) is 0 Å². The van der Waals surface area contributed by atoms with Crippen LogP contribution in [0.1, 0.15) is 36.0 Å². The van der Waals surface area contributed by atoms with Gasteiger partial charge in [0.15, 0.2) is 0 Å². The third kappa shape index (κ3) is 5.91. The average molecular weight is 347 g/mol. The van der Waals surface area contributed by atoms with E-state index in [-0.39, 0.29) is 18.4 Å². The molecule has 1 aromatic rings. The number of anilines is 1. The topological polar surface area (TPSA) is 116 Å². The summed E-state index contributed by atoms with van der Waals surface area (Å²) in [7, 11) is 0. The van der Waals surface area contributed by atoms with Gasteiger partial charge in [0, 0.05) is 24.2 Å². The lowest BCUT2D eigenvalue weighted by molar-refractivity contribution is -0.135. The second-order valence-corrected chi connectivity index (χ2v) is 5.83. The molecule has 3 amide bonds. The number of carbonyl (C=O) groups is 4. The Kier molecular flexibility index (Phi) is 6.50.